The maximum atomic E-state index is 12.5. The number of rotatable bonds is 7. The summed E-state index contributed by atoms with van der Waals surface area (Å²) in [5.74, 6) is 1.46. The lowest BCUT2D eigenvalue weighted by Crippen LogP contribution is -2.53. The average Bonchev–Trinajstić information content (AvgIpc) is 2.67. The number of carbonyl (C=O) groups is 2. The maximum Gasteiger partial charge on any atom is 0.242 e. The Morgan fingerprint density at radius 3 is 2.85 bits per heavy atom. The molecule has 26 heavy (non-hydrogen) atoms. The van der Waals surface area contributed by atoms with Crippen molar-refractivity contribution in [3.8, 4) is 6.07 Å². The Bertz CT molecular complexity index is 669. The fourth-order valence-corrected chi connectivity index (χ4v) is 3.96. The molecule has 1 aromatic carbocycles. The van der Waals surface area contributed by atoms with Gasteiger partial charge in [-0.1, -0.05) is 32.0 Å². The van der Waals surface area contributed by atoms with Gasteiger partial charge in [0.1, 0.15) is 6.04 Å². The Morgan fingerprint density at radius 1 is 1.35 bits per heavy atom. The number of nitrogens with one attached hydrogen (secondary N) is 1. The molecule has 2 rings (SSSR count). The summed E-state index contributed by atoms with van der Waals surface area (Å²) in [5.41, 5.74) is 1.72. The lowest BCUT2D eigenvalue weighted by molar-refractivity contribution is -0.144. The number of hydrogen-bond donors (Lipinski definition) is 1. The molecule has 1 atom stereocenters. The molecule has 0 radical (unpaired) electrons. The molecule has 5 nitrogen and oxygen atoms in total. The minimum Gasteiger partial charge on any atom is -0.353 e. The summed E-state index contributed by atoms with van der Waals surface area (Å²) >= 11 is 1.69. The van der Waals surface area contributed by atoms with Crippen LogP contribution in [0.5, 0.6) is 0 Å². The Labute approximate surface area is 160 Å². The predicted octanol–water partition coefficient (Wildman–Crippen LogP) is 2.94. The molecule has 1 unspecified atom stereocenters. The number of carbonyl (C=O) groups excluding carboxylic acids is 2. The summed E-state index contributed by atoms with van der Waals surface area (Å²) in [6.07, 6.45) is 2.70. The Morgan fingerprint density at radius 2 is 2.12 bits per heavy atom. The summed E-state index contributed by atoms with van der Waals surface area (Å²) in [4.78, 5) is 26.6. The lowest BCUT2D eigenvalue weighted by atomic mass is 9.99. The van der Waals surface area contributed by atoms with E-state index in [0.717, 1.165) is 36.3 Å². The van der Waals surface area contributed by atoms with Gasteiger partial charge in [-0.3, -0.25) is 9.59 Å². The average molecular weight is 374 g/mol. The van der Waals surface area contributed by atoms with E-state index in [9.17, 15) is 9.59 Å². The number of nitriles is 1. The third-order valence-corrected chi connectivity index (χ3v) is 5.53. The molecule has 1 aromatic rings. The van der Waals surface area contributed by atoms with Gasteiger partial charge >= 0.3 is 0 Å². The number of likely N-dealkylation sites (tertiary alicyclic amines) is 1. The number of piperidine rings is 1. The zero-order chi connectivity index (χ0) is 18.9. The van der Waals surface area contributed by atoms with Crippen molar-refractivity contribution in [2.75, 3.05) is 18.8 Å². The van der Waals surface area contributed by atoms with Gasteiger partial charge in [-0.2, -0.15) is 17.0 Å². The summed E-state index contributed by atoms with van der Waals surface area (Å²) < 4.78 is 0. The zero-order valence-corrected chi connectivity index (χ0v) is 16.3. The van der Waals surface area contributed by atoms with Gasteiger partial charge in [0.05, 0.1) is 11.6 Å². The smallest absolute Gasteiger partial charge is 0.242 e. The van der Waals surface area contributed by atoms with Gasteiger partial charge < -0.3 is 10.2 Å². The number of nitrogens with zero attached hydrogens (tertiary/aromatic N) is 2. The van der Waals surface area contributed by atoms with Crippen LogP contribution in [0.4, 0.5) is 0 Å². The largest absolute Gasteiger partial charge is 0.353 e. The van der Waals surface area contributed by atoms with Gasteiger partial charge in [0.15, 0.2) is 0 Å². The zero-order valence-electron chi connectivity index (χ0n) is 15.5. The number of thioether (sulfide) groups is 1. The standard InChI is InChI=1S/C20H27N3O2S/c1-15(2)20(25)23-11-6-5-9-18(23)19(24)22-10-12-26-14-17-8-4-3-7-16(17)13-21/h3-4,7-8,15,18H,5-6,9-12,14H2,1-2H3,(H,22,24). The van der Waals surface area contributed by atoms with Crippen molar-refractivity contribution in [3.63, 3.8) is 0 Å². The molecule has 1 fully saturated rings. The molecule has 6 heteroatoms. The summed E-state index contributed by atoms with van der Waals surface area (Å²) in [6, 6.07) is 9.45. The van der Waals surface area contributed by atoms with Crippen LogP contribution < -0.4 is 5.32 Å². The monoisotopic (exact) mass is 373 g/mol. The Kier molecular flexibility index (Phi) is 7.99. The molecule has 0 spiro atoms. The fourth-order valence-electron chi connectivity index (χ4n) is 3.10. The molecule has 0 aliphatic carbocycles. The molecule has 0 aromatic heterocycles. The van der Waals surface area contributed by atoms with Crippen LogP contribution in [0.2, 0.25) is 0 Å². The van der Waals surface area contributed by atoms with Crippen LogP contribution in [0.15, 0.2) is 24.3 Å². The van der Waals surface area contributed by atoms with E-state index < -0.39 is 0 Å². The summed E-state index contributed by atoms with van der Waals surface area (Å²) in [5, 5.41) is 12.1. The highest BCUT2D eigenvalue weighted by Gasteiger charge is 2.32. The van der Waals surface area contributed by atoms with E-state index in [-0.39, 0.29) is 23.8 Å². The van der Waals surface area contributed by atoms with Crippen molar-refractivity contribution in [3.05, 3.63) is 35.4 Å². The van der Waals surface area contributed by atoms with Gasteiger partial charge in [0, 0.05) is 30.5 Å². The number of hydrogen-bond acceptors (Lipinski definition) is 4. The SMILES string of the molecule is CC(C)C(=O)N1CCCCC1C(=O)NCCSCc1ccccc1C#N. The molecule has 1 heterocycles. The molecule has 140 valence electrons. The number of benzene rings is 1. The van der Waals surface area contributed by atoms with Crippen molar-refractivity contribution in [1.29, 1.82) is 5.26 Å². The highest BCUT2D eigenvalue weighted by atomic mass is 32.2. The van der Waals surface area contributed by atoms with Crippen LogP contribution >= 0.6 is 11.8 Å². The third-order valence-electron chi connectivity index (χ3n) is 4.52. The third kappa shape index (κ3) is 5.50. The summed E-state index contributed by atoms with van der Waals surface area (Å²) in [6.45, 7) is 5.00. The molecule has 0 saturated carbocycles. The first-order valence-electron chi connectivity index (χ1n) is 9.18. The molecular weight excluding hydrogens is 346 g/mol. The van der Waals surface area contributed by atoms with Crippen LogP contribution in [0.3, 0.4) is 0 Å². The second kappa shape index (κ2) is 10.2. The Balaban J connectivity index is 1.77. The van der Waals surface area contributed by atoms with E-state index in [1.807, 2.05) is 38.1 Å². The fraction of sp³-hybridized carbons (Fsp3) is 0.550. The van der Waals surface area contributed by atoms with Gasteiger partial charge in [-0.15, -0.1) is 0 Å². The molecule has 1 aliphatic heterocycles. The summed E-state index contributed by atoms with van der Waals surface area (Å²) in [7, 11) is 0. The highest BCUT2D eigenvalue weighted by molar-refractivity contribution is 7.98. The van der Waals surface area contributed by atoms with E-state index >= 15 is 0 Å². The van der Waals surface area contributed by atoms with Gasteiger partial charge in [0.25, 0.3) is 0 Å². The van der Waals surface area contributed by atoms with E-state index in [0.29, 0.717) is 18.7 Å². The predicted molar refractivity (Wildman–Crippen MR) is 105 cm³/mol. The lowest BCUT2D eigenvalue weighted by Gasteiger charge is -2.35. The van der Waals surface area contributed by atoms with Gasteiger partial charge in [0.2, 0.25) is 11.8 Å². The molecule has 1 N–H and O–H groups in total. The minimum atomic E-state index is -0.331. The van der Waals surface area contributed by atoms with E-state index in [1.54, 1.807) is 16.7 Å². The quantitative estimate of drug-likeness (QED) is 0.746. The van der Waals surface area contributed by atoms with E-state index in [2.05, 4.69) is 11.4 Å². The van der Waals surface area contributed by atoms with Crippen LogP contribution in [0.25, 0.3) is 0 Å². The second-order valence-corrected chi connectivity index (χ2v) is 7.92. The van der Waals surface area contributed by atoms with Crippen molar-refractivity contribution >= 4 is 23.6 Å². The van der Waals surface area contributed by atoms with Gasteiger partial charge in [-0.25, -0.2) is 0 Å². The maximum absolute atomic E-state index is 12.5. The van der Waals surface area contributed by atoms with E-state index in [4.69, 9.17) is 5.26 Å². The normalized spacial score (nSPS) is 17.0. The topological polar surface area (TPSA) is 73.2 Å². The highest BCUT2D eigenvalue weighted by Crippen LogP contribution is 2.20. The van der Waals surface area contributed by atoms with Crippen LogP contribution in [0, 0.1) is 17.2 Å². The first-order chi connectivity index (χ1) is 12.5. The van der Waals surface area contributed by atoms with Gasteiger partial charge in [-0.05, 0) is 30.9 Å². The molecule has 2 amide bonds. The first-order valence-corrected chi connectivity index (χ1v) is 10.3. The molecule has 1 aliphatic rings. The van der Waals surface area contributed by atoms with Crippen molar-refractivity contribution in [2.45, 2.75) is 44.9 Å². The van der Waals surface area contributed by atoms with Crippen LogP contribution in [-0.2, 0) is 15.3 Å². The van der Waals surface area contributed by atoms with Crippen molar-refractivity contribution in [1.82, 2.24) is 10.2 Å². The molecule has 0 bridgehead atoms. The van der Waals surface area contributed by atoms with Crippen LogP contribution in [0.1, 0.15) is 44.2 Å². The molecule has 1 saturated heterocycles. The van der Waals surface area contributed by atoms with Crippen LogP contribution in [-0.4, -0.2) is 41.6 Å². The second-order valence-electron chi connectivity index (χ2n) is 6.81. The van der Waals surface area contributed by atoms with E-state index in [1.165, 1.54) is 0 Å². The first kappa shape index (κ1) is 20.3. The minimum absolute atomic E-state index is 0.0447. The van der Waals surface area contributed by atoms with Crippen molar-refractivity contribution < 1.29 is 9.59 Å². The van der Waals surface area contributed by atoms with Crippen molar-refractivity contribution in [2.24, 2.45) is 5.92 Å². The number of amides is 2. The molecular formula is C20H27N3O2S. The Hall–Kier alpha value is -2.00.